The topological polar surface area (TPSA) is 36.4 Å². The molecule has 0 amide bonds. The van der Waals surface area contributed by atoms with E-state index < -0.39 is 0 Å². The number of nitrogens with one attached hydrogen (secondary N) is 2. The first-order chi connectivity index (χ1) is 9.30. The summed E-state index contributed by atoms with van der Waals surface area (Å²) in [5, 5.41) is 6.48. The zero-order valence-electron chi connectivity index (χ0n) is 11.4. The summed E-state index contributed by atoms with van der Waals surface area (Å²) in [5.41, 5.74) is 1.68. The molecule has 3 nitrogen and oxygen atoms in total. The molecule has 1 aromatic rings. The standard InChI is InChI=1S/C16H21N3/c1-3-12-18-15(17-2)19-13-16(10-7-11-16)14-8-5-4-6-9-14/h1,4-6,8-9H,7,10-13H2,2H3,(H2,17,18,19). The highest BCUT2D eigenvalue weighted by molar-refractivity contribution is 5.80. The van der Waals surface area contributed by atoms with Crippen molar-refractivity contribution in [1.82, 2.24) is 10.6 Å². The van der Waals surface area contributed by atoms with Crippen LogP contribution in [-0.2, 0) is 5.41 Å². The second kappa shape index (κ2) is 6.29. The van der Waals surface area contributed by atoms with E-state index >= 15 is 0 Å². The molecule has 19 heavy (non-hydrogen) atoms. The van der Waals surface area contributed by atoms with Crippen LogP contribution in [0.5, 0.6) is 0 Å². The van der Waals surface area contributed by atoms with Crippen molar-refractivity contribution in [2.75, 3.05) is 20.1 Å². The number of aliphatic imine (C=N–C) groups is 1. The number of benzene rings is 1. The first-order valence-electron chi connectivity index (χ1n) is 6.74. The number of nitrogens with zero attached hydrogens (tertiary/aromatic N) is 1. The maximum absolute atomic E-state index is 5.25. The molecule has 100 valence electrons. The maximum Gasteiger partial charge on any atom is 0.191 e. The van der Waals surface area contributed by atoms with Gasteiger partial charge in [0.1, 0.15) is 0 Å². The normalized spacial score (nSPS) is 17.2. The Morgan fingerprint density at radius 1 is 1.32 bits per heavy atom. The summed E-state index contributed by atoms with van der Waals surface area (Å²) >= 11 is 0. The van der Waals surface area contributed by atoms with Gasteiger partial charge in [-0.1, -0.05) is 42.7 Å². The summed E-state index contributed by atoms with van der Waals surface area (Å²) in [5.74, 6) is 3.34. The van der Waals surface area contributed by atoms with Gasteiger partial charge in [0.2, 0.25) is 0 Å². The van der Waals surface area contributed by atoms with Crippen molar-refractivity contribution in [3.63, 3.8) is 0 Å². The Bertz CT molecular complexity index is 467. The smallest absolute Gasteiger partial charge is 0.191 e. The number of terminal acetylenes is 1. The third-order valence-electron chi connectivity index (χ3n) is 3.87. The number of hydrogen-bond acceptors (Lipinski definition) is 1. The fraction of sp³-hybridized carbons (Fsp3) is 0.438. The van der Waals surface area contributed by atoms with Crippen LogP contribution in [0, 0.1) is 12.3 Å². The highest BCUT2D eigenvalue weighted by Gasteiger charge is 2.38. The number of rotatable bonds is 4. The highest BCUT2D eigenvalue weighted by Crippen LogP contribution is 2.42. The van der Waals surface area contributed by atoms with E-state index in [1.54, 1.807) is 7.05 Å². The average Bonchev–Trinajstić information content (AvgIpc) is 2.42. The molecular formula is C16H21N3. The van der Waals surface area contributed by atoms with Crippen LogP contribution in [0.25, 0.3) is 0 Å². The Morgan fingerprint density at radius 2 is 2.05 bits per heavy atom. The Morgan fingerprint density at radius 3 is 2.58 bits per heavy atom. The molecule has 0 aliphatic heterocycles. The largest absolute Gasteiger partial charge is 0.355 e. The van der Waals surface area contributed by atoms with Gasteiger partial charge < -0.3 is 10.6 Å². The Kier molecular flexibility index (Phi) is 4.46. The second-order valence-corrected chi connectivity index (χ2v) is 4.98. The van der Waals surface area contributed by atoms with Gasteiger partial charge in [-0.3, -0.25) is 4.99 Å². The molecule has 2 N–H and O–H groups in total. The Labute approximate surface area is 115 Å². The SMILES string of the molecule is C#CCNC(=NC)NCC1(c2ccccc2)CCC1. The Balaban J connectivity index is 1.98. The number of guanidine groups is 1. The van der Waals surface area contributed by atoms with E-state index in [1.807, 2.05) is 0 Å². The second-order valence-electron chi connectivity index (χ2n) is 4.98. The van der Waals surface area contributed by atoms with Gasteiger partial charge in [-0.25, -0.2) is 0 Å². The summed E-state index contributed by atoms with van der Waals surface area (Å²) < 4.78 is 0. The zero-order valence-corrected chi connectivity index (χ0v) is 11.4. The van der Waals surface area contributed by atoms with Crippen molar-refractivity contribution < 1.29 is 0 Å². The van der Waals surface area contributed by atoms with E-state index in [1.165, 1.54) is 24.8 Å². The molecule has 3 heteroatoms. The molecule has 1 aliphatic rings. The molecule has 0 radical (unpaired) electrons. The fourth-order valence-electron chi connectivity index (χ4n) is 2.57. The van der Waals surface area contributed by atoms with Crippen LogP contribution in [-0.4, -0.2) is 26.1 Å². The van der Waals surface area contributed by atoms with E-state index in [0.717, 1.165) is 12.5 Å². The van der Waals surface area contributed by atoms with Gasteiger partial charge in [-0.2, -0.15) is 0 Å². The van der Waals surface area contributed by atoms with Crippen LogP contribution < -0.4 is 10.6 Å². The van der Waals surface area contributed by atoms with Gasteiger partial charge in [-0.05, 0) is 18.4 Å². The molecule has 0 spiro atoms. The molecule has 0 saturated heterocycles. The van der Waals surface area contributed by atoms with Gasteiger partial charge in [0.25, 0.3) is 0 Å². The minimum atomic E-state index is 0.259. The lowest BCUT2D eigenvalue weighted by Gasteiger charge is -2.43. The third kappa shape index (κ3) is 3.08. The zero-order chi connectivity index (χ0) is 13.6. The summed E-state index contributed by atoms with van der Waals surface area (Å²) in [6.45, 7) is 1.40. The van der Waals surface area contributed by atoms with Gasteiger partial charge in [0, 0.05) is 19.0 Å². The van der Waals surface area contributed by atoms with E-state index in [4.69, 9.17) is 6.42 Å². The van der Waals surface area contributed by atoms with Gasteiger partial charge in [0.15, 0.2) is 5.96 Å². The molecule has 1 fully saturated rings. The van der Waals surface area contributed by atoms with Crippen molar-refractivity contribution in [3.05, 3.63) is 35.9 Å². The van der Waals surface area contributed by atoms with Gasteiger partial charge in [0.05, 0.1) is 6.54 Å². The van der Waals surface area contributed by atoms with E-state index in [-0.39, 0.29) is 5.41 Å². The van der Waals surface area contributed by atoms with Crippen LogP contribution in [0.1, 0.15) is 24.8 Å². The molecule has 0 aromatic heterocycles. The lowest BCUT2D eigenvalue weighted by Crippen LogP contribution is -2.48. The average molecular weight is 255 g/mol. The first kappa shape index (κ1) is 13.5. The third-order valence-corrected chi connectivity index (χ3v) is 3.87. The maximum atomic E-state index is 5.25. The molecule has 0 atom stereocenters. The molecule has 0 unspecified atom stereocenters. The Hall–Kier alpha value is -1.95. The molecular weight excluding hydrogens is 234 g/mol. The van der Waals surface area contributed by atoms with Gasteiger partial charge in [-0.15, -0.1) is 6.42 Å². The van der Waals surface area contributed by atoms with Crippen molar-refractivity contribution in [1.29, 1.82) is 0 Å². The summed E-state index contributed by atoms with van der Waals surface area (Å²) in [4.78, 5) is 4.18. The molecule has 1 aliphatic carbocycles. The molecule has 1 aromatic carbocycles. The van der Waals surface area contributed by atoms with Crippen LogP contribution in [0.2, 0.25) is 0 Å². The van der Waals surface area contributed by atoms with Crippen molar-refractivity contribution in [2.45, 2.75) is 24.7 Å². The summed E-state index contributed by atoms with van der Waals surface area (Å²) in [6.07, 6.45) is 9.01. The van der Waals surface area contributed by atoms with Crippen molar-refractivity contribution in [3.8, 4) is 12.3 Å². The number of hydrogen-bond donors (Lipinski definition) is 2. The predicted octanol–water partition coefficient (Wildman–Crippen LogP) is 1.91. The fourth-order valence-corrected chi connectivity index (χ4v) is 2.57. The van der Waals surface area contributed by atoms with Crippen molar-refractivity contribution >= 4 is 5.96 Å². The predicted molar refractivity (Wildman–Crippen MR) is 80.2 cm³/mol. The van der Waals surface area contributed by atoms with E-state index in [2.05, 4.69) is 51.9 Å². The lowest BCUT2D eigenvalue weighted by molar-refractivity contribution is 0.244. The van der Waals surface area contributed by atoms with Crippen LogP contribution >= 0.6 is 0 Å². The first-order valence-corrected chi connectivity index (χ1v) is 6.74. The summed E-state index contributed by atoms with van der Waals surface area (Å²) in [6, 6.07) is 10.7. The molecule has 2 rings (SSSR count). The lowest BCUT2D eigenvalue weighted by atomic mass is 9.64. The highest BCUT2D eigenvalue weighted by atomic mass is 15.2. The van der Waals surface area contributed by atoms with Gasteiger partial charge >= 0.3 is 0 Å². The molecule has 1 saturated carbocycles. The molecule has 0 bridgehead atoms. The minimum absolute atomic E-state index is 0.259. The van der Waals surface area contributed by atoms with E-state index in [9.17, 15) is 0 Å². The van der Waals surface area contributed by atoms with E-state index in [0.29, 0.717) is 6.54 Å². The van der Waals surface area contributed by atoms with Crippen LogP contribution in [0.4, 0.5) is 0 Å². The minimum Gasteiger partial charge on any atom is -0.355 e. The molecule has 0 heterocycles. The monoisotopic (exact) mass is 255 g/mol. The van der Waals surface area contributed by atoms with Crippen molar-refractivity contribution in [2.24, 2.45) is 4.99 Å². The van der Waals surface area contributed by atoms with Crippen LogP contribution in [0.3, 0.4) is 0 Å². The van der Waals surface area contributed by atoms with Crippen LogP contribution in [0.15, 0.2) is 35.3 Å². The quantitative estimate of drug-likeness (QED) is 0.490. The summed E-state index contributed by atoms with van der Waals surface area (Å²) in [7, 11) is 1.77.